The minimum Gasteiger partial charge on any atom is -0.341 e. The van der Waals surface area contributed by atoms with E-state index < -0.39 is 0 Å². The largest absolute Gasteiger partial charge is 0.341 e. The molecule has 1 aromatic carbocycles. The molecule has 1 aliphatic rings. The summed E-state index contributed by atoms with van der Waals surface area (Å²) in [6.07, 6.45) is 0. The highest BCUT2D eigenvalue weighted by molar-refractivity contribution is 5.99. The maximum Gasteiger partial charge on any atom is 0.0627 e. The van der Waals surface area contributed by atoms with Crippen molar-refractivity contribution >= 4 is 5.71 Å². The van der Waals surface area contributed by atoms with Gasteiger partial charge in [0.25, 0.3) is 0 Å². The fraction of sp³-hybridized carbons (Fsp3) is 0.267. The fourth-order valence-corrected chi connectivity index (χ4v) is 2.54. The van der Waals surface area contributed by atoms with Crippen LogP contribution >= 0.6 is 0 Å². The Hall–Kier alpha value is -1.83. The molecular weight excluding hydrogens is 208 g/mol. The molecule has 86 valence electrons. The second kappa shape index (κ2) is 3.88. The molecule has 0 fully saturated rings. The van der Waals surface area contributed by atoms with E-state index in [9.17, 15) is 0 Å². The van der Waals surface area contributed by atoms with Crippen molar-refractivity contribution < 1.29 is 0 Å². The van der Waals surface area contributed by atoms with E-state index in [-0.39, 0.29) is 0 Å². The fourth-order valence-electron chi connectivity index (χ4n) is 2.54. The van der Waals surface area contributed by atoms with E-state index in [0.717, 1.165) is 18.8 Å². The molecule has 0 radical (unpaired) electrons. The molecule has 2 nitrogen and oxygen atoms in total. The molecule has 0 atom stereocenters. The first-order chi connectivity index (χ1) is 8.27. The van der Waals surface area contributed by atoms with Gasteiger partial charge in [-0.05, 0) is 25.5 Å². The summed E-state index contributed by atoms with van der Waals surface area (Å²) in [5, 5.41) is 0. The zero-order valence-corrected chi connectivity index (χ0v) is 10.3. The summed E-state index contributed by atoms with van der Waals surface area (Å²) in [5.41, 5.74) is 6.39. The molecule has 17 heavy (non-hydrogen) atoms. The molecule has 2 aromatic rings. The van der Waals surface area contributed by atoms with Gasteiger partial charge in [0.05, 0.1) is 18.0 Å². The number of hydrogen-bond donors (Lipinski definition) is 0. The molecule has 2 heteroatoms. The summed E-state index contributed by atoms with van der Waals surface area (Å²) in [7, 11) is 0. The van der Waals surface area contributed by atoms with Gasteiger partial charge in [-0.2, -0.15) is 0 Å². The Morgan fingerprint density at radius 2 is 1.88 bits per heavy atom. The Morgan fingerprint density at radius 3 is 2.59 bits per heavy atom. The van der Waals surface area contributed by atoms with Crippen molar-refractivity contribution in [2.75, 3.05) is 6.54 Å². The third kappa shape index (κ3) is 1.60. The van der Waals surface area contributed by atoms with Gasteiger partial charge in [0.2, 0.25) is 0 Å². The highest BCUT2D eigenvalue weighted by atomic mass is 15.0. The molecule has 1 aromatic heterocycles. The van der Waals surface area contributed by atoms with E-state index in [1.807, 2.05) is 0 Å². The maximum absolute atomic E-state index is 4.52. The molecule has 1 aliphatic heterocycles. The van der Waals surface area contributed by atoms with Gasteiger partial charge in [-0.3, -0.25) is 4.99 Å². The van der Waals surface area contributed by atoms with Gasteiger partial charge in [-0.25, -0.2) is 0 Å². The van der Waals surface area contributed by atoms with Crippen molar-refractivity contribution in [3.63, 3.8) is 0 Å². The van der Waals surface area contributed by atoms with Crippen LogP contribution in [0.1, 0.15) is 18.3 Å². The SMILES string of the molecule is CC1=NCCn2c1cc(-c1ccccc1)c2C. The Kier molecular flexibility index (Phi) is 2.36. The Labute approximate surface area is 102 Å². The highest BCUT2D eigenvalue weighted by Crippen LogP contribution is 2.28. The van der Waals surface area contributed by atoms with Crippen molar-refractivity contribution in [3.8, 4) is 11.1 Å². The average molecular weight is 224 g/mol. The summed E-state index contributed by atoms with van der Waals surface area (Å²) < 4.78 is 2.38. The molecule has 0 aliphatic carbocycles. The molecule has 0 spiro atoms. The number of hydrogen-bond acceptors (Lipinski definition) is 1. The van der Waals surface area contributed by atoms with Crippen molar-refractivity contribution in [1.82, 2.24) is 4.57 Å². The summed E-state index contributed by atoms with van der Waals surface area (Å²) in [6, 6.07) is 12.8. The quantitative estimate of drug-likeness (QED) is 0.707. The van der Waals surface area contributed by atoms with E-state index in [4.69, 9.17) is 0 Å². The van der Waals surface area contributed by atoms with Gasteiger partial charge in [0.15, 0.2) is 0 Å². The lowest BCUT2D eigenvalue weighted by Crippen LogP contribution is -2.16. The van der Waals surface area contributed by atoms with Crippen molar-refractivity contribution in [1.29, 1.82) is 0 Å². The predicted octanol–water partition coefficient (Wildman–Crippen LogP) is 3.29. The first-order valence-corrected chi connectivity index (χ1v) is 6.04. The summed E-state index contributed by atoms with van der Waals surface area (Å²) in [6.45, 7) is 6.21. The minimum atomic E-state index is 0.905. The smallest absolute Gasteiger partial charge is 0.0627 e. The number of aromatic nitrogens is 1. The van der Waals surface area contributed by atoms with Gasteiger partial charge in [-0.1, -0.05) is 30.3 Å². The van der Waals surface area contributed by atoms with Crippen LogP contribution in [-0.2, 0) is 6.54 Å². The van der Waals surface area contributed by atoms with Gasteiger partial charge in [0, 0.05) is 17.8 Å². The summed E-state index contributed by atoms with van der Waals surface area (Å²) in [4.78, 5) is 4.52. The molecule has 0 unspecified atom stereocenters. The molecule has 3 rings (SSSR count). The Bertz CT molecular complexity index is 576. The van der Waals surface area contributed by atoms with Crippen LogP contribution in [0, 0.1) is 6.92 Å². The van der Waals surface area contributed by atoms with E-state index in [2.05, 4.69) is 59.8 Å². The standard InChI is InChI=1S/C15H16N2/c1-11-15-10-14(13-6-4-3-5-7-13)12(2)17(15)9-8-16-11/h3-7,10H,8-9H2,1-2H3. The van der Waals surface area contributed by atoms with Crippen LogP contribution < -0.4 is 0 Å². The van der Waals surface area contributed by atoms with Gasteiger partial charge < -0.3 is 4.57 Å². The Balaban J connectivity index is 2.18. The van der Waals surface area contributed by atoms with Gasteiger partial charge in [0.1, 0.15) is 0 Å². The van der Waals surface area contributed by atoms with Crippen LogP contribution in [-0.4, -0.2) is 16.8 Å². The molecule has 0 saturated carbocycles. The number of benzene rings is 1. The highest BCUT2D eigenvalue weighted by Gasteiger charge is 2.16. The van der Waals surface area contributed by atoms with Crippen LogP contribution in [0.3, 0.4) is 0 Å². The zero-order valence-electron chi connectivity index (χ0n) is 10.3. The lowest BCUT2D eigenvalue weighted by Gasteiger charge is -2.15. The van der Waals surface area contributed by atoms with Crippen molar-refractivity contribution in [2.24, 2.45) is 4.99 Å². The number of fused-ring (bicyclic) bond motifs is 1. The molecule has 0 bridgehead atoms. The van der Waals surface area contributed by atoms with Crippen LogP contribution in [0.2, 0.25) is 0 Å². The third-order valence-corrected chi connectivity index (χ3v) is 3.49. The topological polar surface area (TPSA) is 17.3 Å². The number of aliphatic imine (C=N–C) groups is 1. The first-order valence-electron chi connectivity index (χ1n) is 6.04. The number of nitrogens with zero attached hydrogens (tertiary/aromatic N) is 2. The average Bonchev–Trinajstić information content (AvgIpc) is 2.70. The molecule has 0 N–H and O–H groups in total. The van der Waals surface area contributed by atoms with Gasteiger partial charge in [-0.15, -0.1) is 0 Å². The van der Waals surface area contributed by atoms with Crippen LogP contribution in [0.15, 0.2) is 41.4 Å². The summed E-state index contributed by atoms with van der Waals surface area (Å²) in [5.74, 6) is 0. The first kappa shape index (κ1) is 10.3. The minimum absolute atomic E-state index is 0.905. The number of rotatable bonds is 1. The zero-order chi connectivity index (χ0) is 11.8. The van der Waals surface area contributed by atoms with Crippen LogP contribution in [0.4, 0.5) is 0 Å². The predicted molar refractivity (Wildman–Crippen MR) is 71.7 cm³/mol. The summed E-state index contributed by atoms with van der Waals surface area (Å²) >= 11 is 0. The lowest BCUT2D eigenvalue weighted by atomic mass is 10.1. The normalized spacial score (nSPS) is 14.4. The van der Waals surface area contributed by atoms with E-state index in [0.29, 0.717) is 0 Å². The molecular formula is C15H16N2. The lowest BCUT2D eigenvalue weighted by molar-refractivity contribution is 0.671. The second-order valence-electron chi connectivity index (χ2n) is 4.51. The monoisotopic (exact) mass is 224 g/mol. The maximum atomic E-state index is 4.52. The molecule has 0 saturated heterocycles. The van der Waals surface area contributed by atoms with Crippen molar-refractivity contribution in [2.45, 2.75) is 20.4 Å². The second-order valence-corrected chi connectivity index (χ2v) is 4.51. The van der Waals surface area contributed by atoms with Crippen molar-refractivity contribution in [3.05, 3.63) is 47.8 Å². The molecule has 2 heterocycles. The van der Waals surface area contributed by atoms with E-state index in [1.54, 1.807) is 0 Å². The van der Waals surface area contributed by atoms with Crippen LogP contribution in [0.25, 0.3) is 11.1 Å². The molecule has 0 amide bonds. The van der Waals surface area contributed by atoms with Crippen LogP contribution in [0.5, 0.6) is 0 Å². The third-order valence-electron chi connectivity index (χ3n) is 3.49. The van der Waals surface area contributed by atoms with Gasteiger partial charge >= 0.3 is 0 Å². The van der Waals surface area contributed by atoms with E-state index in [1.165, 1.54) is 22.5 Å². The Morgan fingerprint density at radius 1 is 1.12 bits per heavy atom. The van der Waals surface area contributed by atoms with E-state index >= 15 is 0 Å².